The zero-order valence-corrected chi connectivity index (χ0v) is 19.1. The summed E-state index contributed by atoms with van der Waals surface area (Å²) in [4.78, 5) is 6.86. The summed E-state index contributed by atoms with van der Waals surface area (Å²) in [5.41, 5.74) is 3.75. The lowest BCUT2D eigenvalue weighted by Gasteiger charge is -2.28. The summed E-state index contributed by atoms with van der Waals surface area (Å²) in [5.74, 6) is 0.264. The number of benzene rings is 3. The van der Waals surface area contributed by atoms with E-state index in [4.69, 9.17) is 21.1 Å². The van der Waals surface area contributed by atoms with Crippen molar-refractivity contribution in [3.8, 4) is 5.75 Å². The van der Waals surface area contributed by atoms with Crippen LogP contribution in [0.2, 0.25) is 5.02 Å². The minimum absolute atomic E-state index is 0.276. The van der Waals surface area contributed by atoms with Crippen molar-refractivity contribution in [1.82, 2.24) is 0 Å². The maximum Gasteiger partial charge on any atom is 0.152 e. The van der Waals surface area contributed by atoms with Crippen LogP contribution in [-0.4, -0.2) is 32.5 Å². The van der Waals surface area contributed by atoms with Crippen LogP contribution in [0.4, 0.5) is 15.8 Å². The molecule has 31 heavy (non-hydrogen) atoms. The number of morpholine rings is 1. The van der Waals surface area contributed by atoms with Crippen LogP contribution in [0.5, 0.6) is 5.75 Å². The molecular weight excluding hydrogens is 483 g/mol. The minimum atomic E-state index is -0.276. The molecule has 0 bridgehead atoms. The standard InChI is InChI=1S/C24H21BrClFN2O2/c25-22-13-18(14-23(26)24(22)31-16-17-1-3-19(27)4-2-17)15-28-20-5-7-21(8-6-20)29-9-11-30-12-10-29/h1-8,13-15H,9-12,16H2. The quantitative estimate of drug-likeness (QED) is 0.365. The van der Waals surface area contributed by atoms with Gasteiger partial charge in [-0.3, -0.25) is 4.99 Å². The zero-order valence-electron chi connectivity index (χ0n) is 16.7. The van der Waals surface area contributed by atoms with E-state index in [-0.39, 0.29) is 5.82 Å². The second kappa shape index (κ2) is 10.3. The van der Waals surface area contributed by atoms with Crippen LogP contribution in [0.1, 0.15) is 11.1 Å². The Labute approximate surface area is 194 Å². The lowest BCUT2D eigenvalue weighted by atomic mass is 10.2. The van der Waals surface area contributed by atoms with E-state index in [1.807, 2.05) is 18.2 Å². The minimum Gasteiger partial charge on any atom is -0.486 e. The van der Waals surface area contributed by atoms with Gasteiger partial charge in [-0.1, -0.05) is 23.7 Å². The fourth-order valence-corrected chi connectivity index (χ4v) is 4.24. The second-order valence-electron chi connectivity index (χ2n) is 7.10. The highest BCUT2D eigenvalue weighted by Crippen LogP contribution is 2.35. The van der Waals surface area contributed by atoms with Crippen molar-refractivity contribution in [2.75, 3.05) is 31.2 Å². The molecule has 0 amide bonds. The summed E-state index contributed by atoms with van der Waals surface area (Å²) in [6.45, 7) is 3.63. The molecule has 160 valence electrons. The Kier molecular flexibility index (Phi) is 7.22. The lowest BCUT2D eigenvalue weighted by Crippen LogP contribution is -2.36. The van der Waals surface area contributed by atoms with Crippen molar-refractivity contribution in [2.24, 2.45) is 4.99 Å². The first-order valence-corrected chi connectivity index (χ1v) is 11.1. The van der Waals surface area contributed by atoms with Gasteiger partial charge in [0.2, 0.25) is 0 Å². The summed E-state index contributed by atoms with van der Waals surface area (Å²) in [6.07, 6.45) is 1.77. The van der Waals surface area contributed by atoms with Crippen LogP contribution in [-0.2, 0) is 11.3 Å². The molecule has 1 aliphatic rings. The van der Waals surface area contributed by atoms with Gasteiger partial charge in [0, 0.05) is 25.0 Å². The molecule has 3 aromatic rings. The molecule has 1 heterocycles. The summed E-state index contributed by atoms with van der Waals surface area (Å²) in [6, 6.07) is 18.0. The van der Waals surface area contributed by atoms with E-state index in [1.54, 1.807) is 24.4 Å². The molecule has 7 heteroatoms. The molecule has 4 nitrogen and oxygen atoms in total. The fourth-order valence-electron chi connectivity index (χ4n) is 3.25. The van der Waals surface area contributed by atoms with Crippen molar-refractivity contribution in [3.05, 3.63) is 87.1 Å². The first-order valence-electron chi connectivity index (χ1n) is 9.91. The van der Waals surface area contributed by atoms with Gasteiger partial charge in [0.15, 0.2) is 5.75 Å². The number of anilines is 1. The largest absolute Gasteiger partial charge is 0.486 e. The monoisotopic (exact) mass is 502 g/mol. The molecule has 0 aromatic heterocycles. The van der Waals surface area contributed by atoms with E-state index in [9.17, 15) is 4.39 Å². The van der Waals surface area contributed by atoms with Gasteiger partial charge >= 0.3 is 0 Å². The number of rotatable bonds is 6. The van der Waals surface area contributed by atoms with Crippen LogP contribution < -0.4 is 9.64 Å². The van der Waals surface area contributed by atoms with Gasteiger partial charge in [-0.25, -0.2) is 4.39 Å². The predicted octanol–water partition coefficient (Wildman–Crippen LogP) is 6.41. The maximum atomic E-state index is 13.0. The third-order valence-electron chi connectivity index (χ3n) is 4.91. The Morgan fingerprint density at radius 3 is 2.45 bits per heavy atom. The van der Waals surface area contributed by atoms with Crippen LogP contribution in [0.15, 0.2) is 70.1 Å². The number of hydrogen-bond donors (Lipinski definition) is 0. The van der Waals surface area contributed by atoms with Crippen LogP contribution >= 0.6 is 27.5 Å². The number of nitrogens with zero attached hydrogens (tertiary/aromatic N) is 2. The molecule has 4 rings (SSSR count). The number of aliphatic imine (C=N–C) groups is 1. The second-order valence-corrected chi connectivity index (χ2v) is 8.36. The van der Waals surface area contributed by atoms with Crippen LogP contribution in [0, 0.1) is 5.82 Å². The van der Waals surface area contributed by atoms with Gasteiger partial charge < -0.3 is 14.4 Å². The maximum absolute atomic E-state index is 13.0. The highest BCUT2D eigenvalue weighted by atomic mass is 79.9. The van der Waals surface area contributed by atoms with E-state index in [0.29, 0.717) is 17.4 Å². The topological polar surface area (TPSA) is 34.1 Å². The van der Waals surface area contributed by atoms with Crippen molar-refractivity contribution in [1.29, 1.82) is 0 Å². The first-order chi connectivity index (χ1) is 15.1. The lowest BCUT2D eigenvalue weighted by molar-refractivity contribution is 0.122. The van der Waals surface area contributed by atoms with E-state index < -0.39 is 0 Å². The molecule has 1 fully saturated rings. The van der Waals surface area contributed by atoms with Gasteiger partial charge in [-0.05, 0) is 75.6 Å². The van der Waals surface area contributed by atoms with Crippen LogP contribution in [0.3, 0.4) is 0 Å². The Hall–Kier alpha value is -2.41. The van der Waals surface area contributed by atoms with Gasteiger partial charge in [-0.15, -0.1) is 0 Å². The molecule has 3 aromatic carbocycles. The van der Waals surface area contributed by atoms with Gasteiger partial charge in [0.1, 0.15) is 12.4 Å². The molecule has 1 saturated heterocycles. The molecule has 0 radical (unpaired) electrons. The summed E-state index contributed by atoms with van der Waals surface area (Å²) < 4.78 is 25.0. The highest BCUT2D eigenvalue weighted by Gasteiger charge is 2.11. The molecule has 0 saturated carbocycles. The average molecular weight is 504 g/mol. The molecule has 0 aliphatic carbocycles. The molecular formula is C24H21BrClFN2O2. The summed E-state index contributed by atoms with van der Waals surface area (Å²) >= 11 is 9.94. The average Bonchev–Trinajstić information content (AvgIpc) is 2.79. The van der Waals surface area contributed by atoms with Gasteiger partial charge in [-0.2, -0.15) is 0 Å². The van der Waals surface area contributed by atoms with E-state index in [2.05, 4.69) is 38.0 Å². The molecule has 0 atom stereocenters. The summed E-state index contributed by atoms with van der Waals surface area (Å²) in [7, 11) is 0. The van der Waals surface area contributed by atoms with Gasteiger partial charge in [0.05, 0.1) is 28.4 Å². The van der Waals surface area contributed by atoms with Crippen molar-refractivity contribution >= 4 is 45.1 Å². The summed E-state index contributed by atoms with van der Waals surface area (Å²) in [5, 5.41) is 0.473. The van der Waals surface area contributed by atoms with E-state index >= 15 is 0 Å². The number of ether oxygens (including phenoxy) is 2. The van der Waals surface area contributed by atoms with Crippen molar-refractivity contribution < 1.29 is 13.9 Å². The first kappa shape index (κ1) is 21.8. The number of halogens is 3. The third-order valence-corrected chi connectivity index (χ3v) is 5.78. The van der Waals surface area contributed by atoms with Crippen molar-refractivity contribution in [3.63, 3.8) is 0 Å². The zero-order chi connectivity index (χ0) is 21.6. The highest BCUT2D eigenvalue weighted by molar-refractivity contribution is 9.10. The third kappa shape index (κ3) is 5.85. The Bertz CT molecular complexity index is 1030. The molecule has 0 spiro atoms. The fraction of sp³-hybridized carbons (Fsp3) is 0.208. The van der Waals surface area contributed by atoms with Gasteiger partial charge in [0.25, 0.3) is 0 Å². The Balaban J connectivity index is 1.41. The molecule has 1 aliphatic heterocycles. The SMILES string of the molecule is Fc1ccc(COc2c(Cl)cc(C=Nc3ccc(N4CCOCC4)cc3)cc2Br)cc1. The van der Waals surface area contributed by atoms with E-state index in [0.717, 1.165) is 47.6 Å². The van der Waals surface area contributed by atoms with Crippen molar-refractivity contribution in [2.45, 2.75) is 6.61 Å². The number of hydrogen-bond acceptors (Lipinski definition) is 4. The molecule has 0 unspecified atom stereocenters. The normalized spacial score (nSPS) is 14.2. The van der Waals surface area contributed by atoms with E-state index in [1.165, 1.54) is 17.8 Å². The molecule has 0 N–H and O–H groups in total. The predicted molar refractivity (Wildman–Crippen MR) is 127 cm³/mol. The van der Waals surface area contributed by atoms with Crippen LogP contribution in [0.25, 0.3) is 0 Å². The smallest absolute Gasteiger partial charge is 0.152 e. The Morgan fingerprint density at radius 2 is 1.77 bits per heavy atom. The Morgan fingerprint density at radius 1 is 1.06 bits per heavy atom.